The van der Waals surface area contributed by atoms with Crippen LogP contribution in [0.4, 0.5) is 0 Å². The first kappa shape index (κ1) is 14.7. The second-order valence-corrected chi connectivity index (χ2v) is 3.92. The highest BCUT2D eigenvalue weighted by Gasteiger charge is 2.22. The Morgan fingerprint density at radius 1 is 1.37 bits per heavy atom. The van der Waals surface area contributed by atoms with Gasteiger partial charge in [0.2, 0.25) is 6.54 Å². The fourth-order valence-electron chi connectivity index (χ4n) is 1.79. The Kier molecular flexibility index (Phi) is 5.11. The predicted octanol–water partition coefficient (Wildman–Crippen LogP) is 1.54. The lowest BCUT2D eigenvalue weighted by atomic mass is 9.95. The minimum Gasteiger partial charge on any atom is -0.493 e. The van der Waals surface area contributed by atoms with Crippen molar-refractivity contribution >= 4 is 5.97 Å². The topological polar surface area (TPSA) is 98.9 Å². The Balaban J connectivity index is 3.07. The molecular weight excluding hydrogens is 254 g/mol. The highest BCUT2D eigenvalue weighted by molar-refractivity contribution is 5.68. The number of ether oxygens (including phenoxy) is 2. The first-order valence-corrected chi connectivity index (χ1v) is 5.53. The quantitative estimate of drug-likeness (QED) is 0.595. The number of methoxy groups -OCH3 is 2. The van der Waals surface area contributed by atoms with Gasteiger partial charge in [0, 0.05) is 4.92 Å². The van der Waals surface area contributed by atoms with Gasteiger partial charge in [-0.15, -0.1) is 0 Å². The van der Waals surface area contributed by atoms with Gasteiger partial charge >= 0.3 is 5.97 Å². The van der Waals surface area contributed by atoms with Gasteiger partial charge in [0.05, 0.1) is 26.6 Å². The number of rotatable bonds is 7. The van der Waals surface area contributed by atoms with Crippen molar-refractivity contribution in [2.75, 3.05) is 20.8 Å². The molecule has 0 aromatic heterocycles. The van der Waals surface area contributed by atoms with Crippen molar-refractivity contribution in [2.45, 2.75) is 12.3 Å². The molecule has 0 saturated heterocycles. The largest absolute Gasteiger partial charge is 0.493 e. The van der Waals surface area contributed by atoms with Gasteiger partial charge in [-0.2, -0.15) is 0 Å². The van der Waals surface area contributed by atoms with Gasteiger partial charge in [0.25, 0.3) is 0 Å². The summed E-state index contributed by atoms with van der Waals surface area (Å²) in [6, 6.07) is 4.78. The number of nitrogens with zero attached hydrogens (tertiary/aromatic N) is 1. The van der Waals surface area contributed by atoms with Gasteiger partial charge < -0.3 is 14.6 Å². The molecule has 1 aromatic carbocycles. The molecule has 1 N–H and O–H groups in total. The Labute approximate surface area is 109 Å². The minimum atomic E-state index is -1.08. The first-order chi connectivity index (χ1) is 8.97. The molecule has 0 radical (unpaired) electrons. The molecule has 1 unspecified atom stereocenters. The van der Waals surface area contributed by atoms with Crippen LogP contribution in [0.2, 0.25) is 0 Å². The summed E-state index contributed by atoms with van der Waals surface area (Å²) in [7, 11) is 2.92. The van der Waals surface area contributed by atoms with Crippen LogP contribution in [0.15, 0.2) is 18.2 Å². The van der Waals surface area contributed by atoms with Crippen LogP contribution < -0.4 is 9.47 Å². The van der Waals surface area contributed by atoms with E-state index in [1.807, 2.05) is 0 Å². The van der Waals surface area contributed by atoms with Crippen LogP contribution in [-0.2, 0) is 4.79 Å². The van der Waals surface area contributed by atoms with E-state index in [0.717, 1.165) is 0 Å². The SMILES string of the molecule is COc1ccc(C(CC(=O)O)C[N+](=O)[O-])cc1OC. The molecule has 7 heteroatoms. The second-order valence-electron chi connectivity index (χ2n) is 3.92. The molecule has 1 atom stereocenters. The summed E-state index contributed by atoms with van der Waals surface area (Å²) in [4.78, 5) is 20.8. The summed E-state index contributed by atoms with van der Waals surface area (Å²) < 4.78 is 10.2. The molecule has 7 nitrogen and oxygen atoms in total. The molecule has 0 amide bonds. The van der Waals surface area contributed by atoms with Gasteiger partial charge in [0.1, 0.15) is 0 Å². The van der Waals surface area contributed by atoms with Crippen molar-refractivity contribution in [2.24, 2.45) is 0 Å². The van der Waals surface area contributed by atoms with Crippen molar-refractivity contribution in [1.29, 1.82) is 0 Å². The van der Waals surface area contributed by atoms with Crippen molar-refractivity contribution in [3.8, 4) is 11.5 Å². The number of carboxylic acids is 1. The lowest BCUT2D eigenvalue weighted by Crippen LogP contribution is -2.16. The number of carboxylic acid groups (broad SMARTS) is 1. The van der Waals surface area contributed by atoms with E-state index in [1.54, 1.807) is 18.2 Å². The molecule has 0 saturated carbocycles. The zero-order valence-corrected chi connectivity index (χ0v) is 10.7. The molecule has 1 aromatic rings. The second kappa shape index (κ2) is 6.58. The summed E-state index contributed by atoms with van der Waals surface area (Å²) in [6.07, 6.45) is -0.309. The maximum Gasteiger partial charge on any atom is 0.304 e. The third-order valence-electron chi connectivity index (χ3n) is 2.67. The molecule has 0 aliphatic heterocycles. The van der Waals surface area contributed by atoms with E-state index in [-0.39, 0.29) is 6.42 Å². The highest BCUT2D eigenvalue weighted by Crippen LogP contribution is 2.31. The van der Waals surface area contributed by atoms with Gasteiger partial charge in [-0.05, 0) is 17.7 Å². The molecule has 0 aliphatic rings. The maximum atomic E-state index is 10.8. The molecule has 0 fully saturated rings. The molecule has 19 heavy (non-hydrogen) atoms. The third kappa shape index (κ3) is 4.13. The van der Waals surface area contributed by atoms with E-state index in [1.165, 1.54) is 14.2 Å². The van der Waals surface area contributed by atoms with E-state index < -0.39 is 23.4 Å². The number of hydrogen-bond acceptors (Lipinski definition) is 5. The molecule has 0 bridgehead atoms. The lowest BCUT2D eigenvalue weighted by Gasteiger charge is -2.14. The van der Waals surface area contributed by atoms with Crippen molar-refractivity contribution < 1.29 is 24.3 Å². The number of hydrogen-bond donors (Lipinski definition) is 1. The van der Waals surface area contributed by atoms with Gasteiger partial charge in [0.15, 0.2) is 11.5 Å². The van der Waals surface area contributed by atoms with Crippen molar-refractivity contribution in [1.82, 2.24) is 0 Å². The fraction of sp³-hybridized carbons (Fsp3) is 0.417. The van der Waals surface area contributed by atoms with Crippen molar-refractivity contribution in [3.05, 3.63) is 33.9 Å². The number of nitro groups is 1. The van der Waals surface area contributed by atoms with Crippen LogP contribution in [0.5, 0.6) is 11.5 Å². The Morgan fingerprint density at radius 2 is 2.00 bits per heavy atom. The number of carbonyl (C=O) groups is 1. The first-order valence-electron chi connectivity index (χ1n) is 5.53. The minimum absolute atomic E-state index is 0.309. The Bertz CT molecular complexity index is 457. The van der Waals surface area contributed by atoms with E-state index in [2.05, 4.69) is 0 Å². The molecule has 0 heterocycles. The molecule has 0 spiro atoms. The highest BCUT2D eigenvalue weighted by atomic mass is 16.6. The molecule has 1 rings (SSSR count). The maximum absolute atomic E-state index is 10.8. The normalized spacial score (nSPS) is 11.7. The van der Waals surface area contributed by atoms with Crippen LogP contribution in [0.25, 0.3) is 0 Å². The number of aliphatic carboxylic acids is 1. The predicted molar refractivity (Wildman–Crippen MR) is 66.4 cm³/mol. The van der Waals surface area contributed by atoms with E-state index in [4.69, 9.17) is 14.6 Å². The van der Waals surface area contributed by atoms with Crippen LogP contribution in [-0.4, -0.2) is 36.8 Å². The van der Waals surface area contributed by atoms with Gasteiger partial charge in [-0.3, -0.25) is 14.9 Å². The Morgan fingerprint density at radius 3 is 2.47 bits per heavy atom. The average molecular weight is 269 g/mol. The van der Waals surface area contributed by atoms with Crippen LogP contribution in [0, 0.1) is 10.1 Å². The summed E-state index contributed by atoms with van der Waals surface area (Å²) in [5.74, 6) is -0.880. The Hall–Kier alpha value is -2.31. The monoisotopic (exact) mass is 269 g/mol. The average Bonchev–Trinajstić information content (AvgIpc) is 2.36. The summed E-state index contributed by atoms with van der Waals surface area (Å²) in [5, 5.41) is 19.4. The van der Waals surface area contributed by atoms with E-state index in [0.29, 0.717) is 17.1 Å². The van der Waals surface area contributed by atoms with Gasteiger partial charge in [-0.25, -0.2) is 0 Å². The van der Waals surface area contributed by atoms with Crippen LogP contribution >= 0.6 is 0 Å². The standard InChI is InChI=1S/C12H15NO6/c1-18-10-4-3-8(5-11(10)19-2)9(6-12(14)15)7-13(16)17/h3-5,9H,6-7H2,1-2H3,(H,14,15). The summed E-state index contributed by atoms with van der Waals surface area (Å²) in [5.41, 5.74) is 0.539. The van der Waals surface area contributed by atoms with Gasteiger partial charge in [-0.1, -0.05) is 6.07 Å². The zero-order chi connectivity index (χ0) is 14.4. The van der Waals surface area contributed by atoms with E-state index in [9.17, 15) is 14.9 Å². The van der Waals surface area contributed by atoms with E-state index >= 15 is 0 Å². The summed E-state index contributed by atoms with van der Waals surface area (Å²) in [6.45, 7) is -0.443. The molecule has 104 valence electrons. The summed E-state index contributed by atoms with van der Waals surface area (Å²) >= 11 is 0. The zero-order valence-electron chi connectivity index (χ0n) is 10.7. The fourth-order valence-corrected chi connectivity index (χ4v) is 1.79. The lowest BCUT2D eigenvalue weighted by molar-refractivity contribution is -0.483. The third-order valence-corrected chi connectivity index (χ3v) is 2.67. The van der Waals surface area contributed by atoms with Crippen LogP contribution in [0.3, 0.4) is 0 Å². The smallest absolute Gasteiger partial charge is 0.304 e. The number of benzene rings is 1. The molecular formula is C12H15NO6. The van der Waals surface area contributed by atoms with Crippen LogP contribution in [0.1, 0.15) is 17.9 Å². The molecule has 0 aliphatic carbocycles. The van der Waals surface area contributed by atoms with Crippen molar-refractivity contribution in [3.63, 3.8) is 0 Å².